The summed E-state index contributed by atoms with van der Waals surface area (Å²) >= 11 is 0. The summed E-state index contributed by atoms with van der Waals surface area (Å²) in [5, 5.41) is 7.73. The van der Waals surface area contributed by atoms with Crippen LogP contribution >= 0.6 is 0 Å². The number of nitrogens with zero attached hydrogens (tertiary/aromatic N) is 4. The third-order valence-corrected chi connectivity index (χ3v) is 4.18. The van der Waals surface area contributed by atoms with Crippen molar-refractivity contribution in [2.24, 2.45) is 4.99 Å². The Kier molecular flexibility index (Phi) is 4.66. The number of aryl methyl sites for hydroxylation is 2. The number of hydrogen-bond donors (Lipinski definition) is 3. The Hall–Kier alpha value is -3.29. The average molecular weight is 353 g/mol. The molecule has 2 aromatic heterocycles. The lowest BCUT2D eigenvalue weighted by atomic mass is 10.1. The summed E-state index contributed by atoms with van der Waals surface area (Å²) in [7, 11) is 1.70. The fourth-order valence-corrected chi connectivity index (χ4v) is 2.81. The molecule has 2 heterocycles. The molecule has 8 heteroatoms. The van der Waals surface area contributed by atoms with E-state index in [4.69, 9.17) is 5.73 Å². The van der Waals surface area contributed by atoms with E-state index in [1.54, 1.807) is 24.0 Å². The summed E-state index contributed by atoms with van der Waals surface area (Å²) in [5.41, 5.74) is 10.8. The van der Waals surface area contributed by atoms with Gasteiger partial charge < -0.3 is 16.0 Å². The van der Waals surface area contributed by atoms with Gasteiger partial charge in [-0.2, -0.15) is 4.68 Å². The maximum atomic E-state index is 12.7. The monoisotopic (exact) mass is 353 g/mol. The van der Waals surface area contributed by atoms with Gasteiger partial charge in [-0.1, -0.05) is 0 Å². The normalized spacial score (nSPS) is 11.4. The van der Waals surface area contributed by atoms with Crippen molar-refractivity contribution in [1.82, 2.24) is 19.3 Å². The number of aliphatic imine (C=N–C) groups is 1. The third kappa shape index (κ3) is 3.13. The molecule has 8 nitrogen and oxygen atoms in total. The Bertz CT molecular complexity index is 1020. The molecule has 0 unspecified atom stereocenters. The average Bonchev–Trinajstić information content (AvgIpc) is 3.15. The van der Waals surface area contributed by atoms with Crippen molar-refractivity contribution in [2.75, 3.05) is 18.1 Å². The number of benzene rings is 1. The molecule has 3 rings (SSSR count). The van der Waals surface area contributed by atoms with Gasteiger partial charge in [0, 0.05) is 48.6 Å². The van der Waals surface area contributed by atoms with E-state index in [1.165, 1.54) is 4.68 Å². The van der Waals surface area contributed by atoms with Crippen LogP contribution in [0.4, 0.5) is 17.3 Å². The zero-order valence-corrected chi connectivity index (χ0v) is 15.4. The SMILES string of the molecule is CCn1c(Nc2cc(C=NC)c(N)cc2C)nn(-c2c[nH]c(C)c2)c1=O. The van der Waals surface area contributed by atoms with Crippen molar-refractivity contribution in [3.63, 3.8) is 0 Å². The van der Waals surface area contributed by atoms with E-state index in [0.717, 1.165) is 22.5 Å². The van der Waals surface area contributed by atoms with E-state index in [-0.39, 0.29) is 5.69 Å². The lowest BCUT2D eigenvalue weighted by molar-refractivity contribution is 0.717. The lowest BCUT2D eigenvalue weighted by Gasteiger charge is -2.11. The van der Waals surface area contributed by atoms with Gasteiger partial charge in [-0.3, -0.25) is 9.56 Å². The summed E-state index contributed by atoms with van der Waals surface area (Å²) in [4.78, 5) is 19.8. The molecule has 0 aliphatic rings. The van der Waals surface area contributed by atoms with Gasteiger partial charge in [0.1, 0.15) is 0 Å². The zero-order valence-electron chi connectivity index (χ0n) is 15.4. The molecule has 4 N–H and O–H groups in total. The Balaban J connectivity index is 2.06. The molecule has 0 atom stereocenters. The zero-order chi connectivity index (χ0) is 18.8. The van der Waals surface area contributed by atoms with Crippen molar-refractivity contribution < 1.29 is 0 Å². The van der Waals surface area contributed by atoms with Crippen LogP contribution in [0.2, 0.25) is 0 Å². The maximum Gasteiger partial charge on any atom is 0.352 e. The predicted octanol–water partition coefficient (Wildman–Crippen LogP) is 2.37. The predicted molar refractivity (Wildman–Crippen MR) is 105 cm³/mol. The number of hydrogen-bond acceptors (Lipinski definition) is 5. The van der Waals surface area contributed by atoms with E-state index in [9.17, 15) is 4.79 Å². The molecule has 0 aliphatic heterocycles. The first-order valence-electron chi connectivity index (χ1n) is 8.39. The third-order valence-electron chi connectivity index (χ3n) is 4.18. The van der Waals surface area contributed by atoms with E-state index >= 15 is 0 Å². The van der Waals surface area contributed by atoms with Gasteiger partial charge in [-0.25, -0.2) is 4.79 Å². The molecule has 0 spiro atoms. The van der Waals surface area contributed by atoms with E-state index in [1.807, 2.05) is 39.0 Å². The van der Waals surface area contributed by atoms with Crippen LogP contribution in [0.3, 0.4) is 0 Å². The van der Waals surface area contributed by atoms with Crippen LogP contribution in [0.25, 0.3) is 5.69 Å². The van der Waals surface area contributed by atoms with Gasteiger partial charge in [0.2, 0.25) is 5.95 Å². The van der Waals surface area contributed by atoms with Gasteiger partial charge in [0.15, 0.2) is 0 Å². The van der Waals surface area contributed by atoms with Crippen molar-refractivity contribution in [3.05, 3.63) is 51.7 Å². The number of anilines is 3. The topological polar surface area (TPSA) is 106 Å². The van der Waals surface area contributed by atoms with Crippen LogP contribution in [-0.2, 0) is 6.54 Å². The molecule has 0 fully saturated rings. The molecule has 0 amide bonds. The molecule has 0 saturated heterocycles. The van der Waals surface area contributed by atoms with Crippen molar-refractivity contribution >= 4 is 23.5 Å². The minimum atomic E-state index is -0.197. The quantitative estimate of drug-likeness (QED) is 0.483. The molecule has 0 radical (unpaired) electrons. The Morgan fingerprint density at radius 3 is 2.73 bits per heavy atom. The first-order valence-corrected chi connectivity index (χ1v) is 8.39. The second kappa shape index (κ2) is 6.91. The highest BCUT2D eigenvalue weighted by Crippen LogP contribution is 2.24. The number of nitrogens with two attached hydrogens (primary N) is 1. The molecular weight excluding hydrogens is 330 g/mol. The fraction of sp³-hybridized carbons (Fsp3) is 0.278. The summed E-state index contributed by atoms with van der Waals surface area (Å²) in [6, 6.07) is 5.66. The molecule has 1 aromatic carbocycles. The highest BCUT2D eigenvalue weighted by Gasteiger charge is 2.15. The van der Waals surface area contributed by atoms with E-state index in [0.29, 0.717) is 23.9 Å². The second-order valence-corrected chi connectivity index (χ2v) is 6.11. The molecule has 0 aliphatic carbocycles. The summed E-state index contributed by atoms with van der Waals surface area (Å²) in [5.74, 6) is 0.476. The van der Waals surface area contributed by atoms with Crippen LogP contribution in [0.15, 0.2) is 34.2 Å². The summed E-state index contributed by atoms with van der Waals surface area (Å²) in [6.07, 6.45) is 3.46. The highest BCUT2D eigenvalue weighted by atomic mass is 16.2. The maximum absolute atomic E-state index is 12.7. The number of H-pyrrole nitrogens is 1. The molecule has 26 heavy (non-hydrogen) atoms. The summed E-state index contributed by atoms with van der Waals surface area (Å²) < 4.78 is 2.97. The van der Waals surface area contributed by atoms with Gasteiger partial charge >= 0.3 is 5.69 Å². The first kappa shape index (κ1) is 17.5. The second-order valence-electron chi connectivity index (χ2n) is 6.11. The van der Waals surface area contributed by atoms with Crippen LogP contribution in [0.5, 0.6) is 0 Å². The Morgan fingerprint density at radius 2 is 2.12 bits per heavy atom. The fourth-order valence-electron chi connectivity index (χ4n) is 2.81. The van der Waals surface area contributed by atoms with Gasteiger partial charge in [0.05, 0.1) is 5.69 Å². The van der Waals surface area contributed by atoms with Crippen molar-refractivity contribution in [2.45, 2.75) is 27.3 Å². The number of aromatic amines is 1. The van der Waals surface area contributed by atoms with E-state index < -0.39 is 0 Å². The van der Waals surface area contributed by atoms with E-state index in [2.05, 4.69) is 20.4 Å². The number of rotatable bonds is 5. The minimum Gasteiger partial charge on any atom is -0.398 e. The molecule has 136 valence electrons. The lowest BCUT2D eigenvalue weighted by Crippen LogP contribution is -2.23. The molecular formula is C18H23N7O. The van der Waals surface area contributed by atoms with Crippen LogP contribution in [-0.4, -0.2) is 32.6 Å². The van der Waals surface area contributed by atoms with Crippen LogP contribution in [0.1, 0.15) is 23.7 Å². The highest BCUT2D eigenvalue weighted by molar-refractivity contribution is 5.89. The van der Waals surface area contributed by atoms with Crippen LogP contribution < -0.4 is 16.7 Å². The van der Waals surface area contributed by atoms with Gasteiger partial charge in [-0.15, -0.1) is 5.10 Å². The number of nitrogens with one attached hydrogen (secondary N) is 2. The number of aromatic nitrogens is 4. The van der Waals surface area contributed by atoms with Gasteiger partial charge in [0.25, 0.3) is 0 Å². The van der Waals surface area contributed by atoms with Gasteiger partial charge in [-0.05, 0) is 44.5 Å². The smallest absolute Gasteiger partial charge is 0.352 e. The molecule has 0 bridgehead atoms. The standard InChI is InChI=1S/C18H23N7O/c1-5-24-17(23-25(18(24)26)14-7-12(3)21-10-14)22-16-8-13(9-20-4)15(19)6-11(16)2/h6-10,21H,5,19H2,1-4H3,(H,22,23). The molecule has 3 aromatic rings. The largest absolute Gasteiger partial charge is 0.398 e. The minimum absolute atomic E-state index is 0.197. The number of nitrogen functional groups attached to an aromatic ring is 1. The summed E-state index contributed by atoms with van der Waals surface area (Å²) in [6.45, 7) is 6.29. The molecule has 0 saturated carbocycles. The van der Waals surface area contributed by atoms with Crippen LogP contribution in [0, 0.1) is 13.8 Å². The Labute approximate surface area is 151 Å². The van der Waals surface area contributed by atoms with Crippen molar-refractivity contribution in [3.8, 4) is 5.69 Å². The Morgan fingerprint density at radius 1 is 1.35 bits per heavy atom. The first-order chi connectivity index (χ1) is 12.4. The van der Waals surface area contributed by atoms with Crippen molar-refractivity contribution in [1.29, 1.82) is 0 Å².